The first-order valence-corrected chi connectivity index (χ1v) is 21.1. The van der Waals surface area contributed by atoms with E-state index < -0.39 is 210 Å². The lowest BCUT2D eigenvalue weighted by molar-refractivity contribution is -0.396. The molecule has 5 saturated heterocycles. The molecule has 388 valence electrons. The average Bonchev–Trinajstić information content (AvgIpc) is 3.28. The van der Waals surface area contributed by atoms with Gasteiger partial charge in [-0.3, -0.25) is 9.59 Å². The van der Waals surface area contributed by atoms with Crippen LogP contribution in [0.3, 0.4) is 0 Å². The van der Waals surface area contributed by atoms with E-state index >= 15 is 0 Å². The Morgan fingerprint density at radius 2 is 1.13 bits per heavy atom. The van der Waals surface area contributed by atoms with Crippen LogP contribution in [0.5, 0.6) is 0 Å². The minimum absolute atomic E-state index is 0.817. The number of carbonyl (C=O) groups excluding carboxylic acids is 2. The second-order valence-electron chi connectivity index (χ2n) is 16.8. The minimum atomic E-state index is -3.20. The molecule has 5 aliphatic rings. The van der Waals surface area contributed by atoms with Crippen molar-refractivity contribution in [2.75, 3.05) is 26.4 Å². The number of carbonyl (C=O) groups is 3. The number of hydrogen-bond acceptors (Lipinski definition) is 27. The van der Waals surface area contributed by atoms with Crippen molar-refractivity contribution in [3.8, 4) is 0 Å². The number of aliphatic hydroxyl groups excluding tert-OH is 15. The summed E-state index contributed by atoms with van der Waals surface area (Å²) in [5, 5.41) is 175. The molecule has 5 rings (SSSR count). The van der Waals surface area contributed by atoms with E-state index in [2.05, 4.69) is 10.6 Å². The van der Waals surface area contributed by atoms with Crippen LogP contribution < -0.4 is 10.6 Å². The molecule has 0 aliphatic carbocycles. The van der Waals surface area contributed by atoms with E-state index in [1.807, 2.05) is 0 Å². The van der Waals surface area contributed by atoms with Crippen molar-refractivity contribution in [3.05, 3.63) is 0 Å². The first-order chi connectivity index (χ1) is 31.4. The summed E-state index contributed by atoms with van der Waals surface area (Å²) in [6, 6.07) is -3.47. The van der Waals surface area contributed by atoms with Gasteiger partial charge in [0, 0.05) is 20.3 Å². The van der Waals surface area contributed by atoms with Crippen LogP contribution in [0.2, 0.25) is 0 Å². The molecule has 67 heavy (non-hydrogen) atoms. The van der Waals surface area contributed by atoms with Crippen molar-refractivity contribution in [1.82, 2.24) is 10.6 Å². The number of amides is 2. The van der Waals surface area contributed by atoms with E-state index in [-0.39, 0.29) is 0 Å². The normalized spacial score (nSPS) is 47.1. The van der Waals surface area contributed by atoms with E-state index in [4.69, 9.17) is 42.6 Å². The quantitative estimate of drug-likeness (QED) is 0.0643. The Balaban J connectivity index is 1.55. The number of aliphatic carboxylic acids is 1. The summed E-state index contributed by atoms with van der Waals surface area (Å²) in [6.45, 7) is -1.01. The van der Waals surface area contributed by atoms with Gasteiger partial charge >= 0.3 is 5.97 Å². The fourth-order valence-electron chi connectivity index (χ4n) is 8.47. The zero-order chi connectivity index (χ0) is 50.0. The summed E-state index contributed by atoms with van der Waals surface area (Å²) in [4.78, 5) is 37.9. The van der Waals surface area contributed by atoms with Crippen molar-refractivity contribution in [1.29, 1.82) is 0 Å². The topological polar surface area (TPSA) is 482 Å². The van der Waals surface area contributed by atoms with Gasteiger partial charge in [0.2, 0.25) is 11.8 Å². The van der Waals surface area contributed by atoms with E-state index in [0.717, 1.165) is 13.8 Å². The molecule has 5 heterocycles. The molecule has 30 heteroatoms. The third kappa shape index (κ3) is 11.8. The van der Waals surface area contributed by atoms with Gasteiger partial charge in [0.05, 0.1) is 44.7 Å². The van der Waals surface area contributed by atoms with Crippen LogP contribution in [-0.4, -0.2) is 285 Å². The highest BCUT2D eigenvalue weighted by Crippen LogP contribution is 2.40. The zero-order valence-electron chi connectivity index (χ0n) is 36.0. The minimum Gasteiger partial charge on any atom is -0.477 e. The van der Waals surface area contributed by atoms with Gasteiger partial charge in [-0.15, -0.1) is 0 Å². The molecule has 26 atom stereocenters. The lowest BCUT2D eigenvalue weighted by atomic mass is 9.88. The molecule has 2 amide bonds. The SMILES string of the molecule is CC(=O)NC1C(OC2C(O)C(O)OC(CO)C2O)OC(CO)C(OC2OC(CO)C(O)C(OC3(C(=O)O)CC(O)C(NC(C)=O)C([C@H](O)[C@H](O)CO)O3)C2O)C1OC1OC(C)C(O)C(O)C1O. The van der Waals surface area contributed by atoms with Crippen LogP contribution in [0.25, 0.3) is 0 Å². The van der Waals surface area contributed by atoms with Gasteiger partial charge in [-0.05, 0) is 6.92 Å². The monoisotopic (exact) mass is 982 g/mol. The van der Waals surface area contributed by atoms with E-state index in [1.165, 1.54) is 6.92 Å². The Hall–Kier alpha value is -2.55. The number of nitrogens with one attached hydrogen (secondary N) is 2. The van der Waals surface area contributed by atoms with Crippen LogP contribution in [0.15, 0.2) is 0 Å². The second kappa shape index (κ2) is 23.1. The number of rotatable bonds is 17. The van der Waals surface area contributed by atoms with Crippen molar-refractivity contribution in [2.24, 2.45) is 0 Å². The molecule has 0 spiro atoms. The Labute approximate surface area is 379 Å². The van der Waals surface area contributed by atoms with Crippen LogP contribution in [0, 0.1) is 0 Å². The summed E-state index contributed by atoms with van der Waals surface area (Å²) >= 11 is 0. The number of ether oxygens (including phenoxy) is 9. The van der Waals surface area contributed by atoms with E-state index in [9.17, 15) is 96.1 Å². The van der Waals surface area contributed by atoms with E-state index in [1.54, 1.807) is 0 Å². The van der Waals surface area contributed by atoms with Gasteiger partial charge < -0.3 is 135 Å². The molecular weight excluding hydrogens is 920 g/mol. The molecule has 0 aromatic rings. The van der Waals surface area contributed by atoms with Crippen molar-refractivity contribution >= 4 is 17.8 Å². The number of carboxylic acid groups (broad SMARTS) is 1. The van der Waals surface area contributed by atoms with Gasteiger partial charge in [-0.25, -0.2) is 4.79 Å². The van der Waals surface area contributed by atoms with Crippen molar-refractivity contribution in [3.63, 3.8) is 0 Å². The number of carboxylic acids is 1. The highest BCUT2D eigenvalue weighted by atomic mass is 16.8. The zero-order valence-corrected chi connectivity index (χ0v) is 36.0. The Morgan fingerprint density at radius 3 is 1.70 bits per heavy atom. The van der Waals surface area contributed by atoms with Crippen LogP contribution in [0.1, 0.15) is 27.2 Å². The summed E-state index contributed by atoms with van der Waals surface area (Å²) in [6.07, 6.45) is -46.7. The maximum atomic E-state index is 13.0. The number of aliphatic hydroxyl groups is 15. The highest BCUT2D eigenvalue weighted by molar-refractivity contribution is 5.76. The third-order valence-corrected chi connectivity index (χ3v) is 12.1. The third-order valence-electron chi connectivity index (χ3n) is 12.1. The van der Waals surface area contributed by atoms with Gasteiger partial charge in [0.1, 0.15) is 110 Å². The molecule has 0 bridgehead atoms. The molecule has 0 saturated carbocycles. The maximum absolute atomic E-state index is 13.0. The van der Waals surface area contributed by atoms with Crippen molar-refractivity contribution < 1.29 is 139 Å². The number of hydrogen-bond donors (Lipinski definition) is 18. The molecule has 0 aromatic heterocycles. The lowest BCUT2D eigenvalue weighted by Gasteiger charge is -2.52. The molecule has 5 aliphatic heterocycles. The molecule has 5 fully saturated rings. The summed E-state index contributed by atoms with van der Waals surface area (Å²) in [7, 11) is 0. The predicted octanol–water partition coefficient (Wildman–Crippen LogP) is -11.4. The largest absolute Gasteiger partial charge is 0.477 e. The summed E-state index contributed by atoms with van der Waals surface area (Å²) in [5.41, 5.74) is 0. The van der Waals surface area contributed by atoms with Crippen LogP contribution in [-0.2, 0) is 57.0 Å². The first-order valence-electron chi connectivity index (χ1n) is 21.1. The van der Waals surface area contributed by atoms with Gasteiger partial charge in [-0.1, -0.05) is 0 Å². The summed E-state index contributed by atoms with van der Waals surface area (Å²) < 4.78 is 51.7. The van der Waals surface area contributed by atoms with Gasteiger partial charge in [0.25, 0.3) is 5.79 Å². The fourth-order valence-corrected chi connectivity index (χ4v) is 8.47. The lowest BCUT2D eigenvalue weighted by Crippen LogP contribution is -2.72. The maximum Gasteiger partial charge on any atom is 0.364 e. The highest BCUT2D eigenvalue weighted by Gasteiger charge is 2.61. The summed E-state index contributed by atoms with van der Waals surface area (Å²) in [5.74, 6) is -6.97. The Bertz CT molecular complexity index is 1640. The van der Waals surface area contributed by atoms with Crippen molar-refractivity contribution in [2.45, 2.75) is 186 Å². The standard InChI is InChI=1S/C37H62N2O28/c1-9-19(48)23(52)24(53)34(59-9)64-29-18(39-11(3)45)33(65-30-21(50)14(6-41)60-32(56)25(30)54)62-16(8-43)27(29)63-35-26(55)31(22(51)15(7-42)61-35)67-37(36(57)58)4-12(46)17(38-10(2)44)28(66-37)20(49)13(47)5-40/h9,12-35,40-43,46-56H,4-8H2,1-3H3,(H,38,44)(H,39,45)(H,57,58)/t9?,12?,13-,14?,15?,16?,17?,18?,19?,20-,21?,22?,23?,24?,25?,26?,27?,28?,29?,30?,31?,32?,33?,34?,35?,37?/m1/s1. The first kappa shape index (κ1) is 55.4. The Kier molecular flexibility index (Phi) is 19.1. The predicted molar refractivity (Wildman–Crippen MR) is 206 cm³/mol. The molecule has 0 radical (unpaired) electrons. The fraction of sp³-hybridized carbons (Fsp3) is 0.919. The van der Waals surface area contributed by atoms with E-state index in [0.29, 0.717) is 0 Å². The smallest absolute Gasteiger partial charge is 0.364 e. The van der Waals surface area contributed by atoms with Crippen LogP contribution in [0.4, 0.5) is 0 Å². The second-order valence-corrected chi connectivity index (χ2v) is 16.8. The van der Waals surface area contributed by atoms with Gasteiger partial charge in [-0.2, -0.15) is 0 Å². The Morgan fingerprint density at radius 1 is 0.612 bits per heavy atom. The van der Waals surface area contributed by atoms with Crippen LogP contribution >= 0.6 is 0 Å². The molecule has 30 nitrogen and oxygen atoms in total. The molecular formula is C37H62N2O28. The molecule has 24 unspecified atom stereocenters. The average molecular weight is 983 g/mol. The molecule has 18 N–H and O–H groups in total. The molecule has 0 aromatic carbocycles. The van der Waals surface area contributed by atoms with Gasteiger partial charge in [0.15, 0.2) is 25.2 Å².